The van der Waals surface area contributed by atoms with Crippen LogP contribution in [0.4, 0.5) is 5.82 Å². The van der Waals surface area contributed by atoms with E-state index in [0.717, 1.165) is 11.4 Å². The van der Waals surface area contributed by atoms with Crippen molar-refractivity contribution < 1.29 is 4.79 Å². The average molecular weight is 179 g/mol. The van der Waals surface area contributed by atoms with Crippen molar-refractivity contribution in [1.82, 2.24) is 9.97 Å². The Morgan fingerprint density at radius 2 is 2.23 bits per heavy atom. The summed E-state index contributed by atoms with van der Waals surface area (Å²) < 4.78 is 0. The number of rotatable bonds is 2. The topological polar surface area (TPSA) is 54.9 Å². The predicted octanol–water partition coefficient (Wildman–Crippen LogP) is 1.44. The highest BCUT2D eigenvalue weighted by Gasteiger charge is 2.04. The van der Waals surface area contributed by atoms with Gasteiger partial charge in [0.05, 0.1) is 17.6 Å². The molecule has 4 nitrogen and oxygen atoms in total. The number of hydrogen-bond acceptors (Lipinski definition) is 3. The van der Waals surface area contributed by atoms with E-state index in [1.807, 2.05) is 13.8 Å². The Morgan fingerprint density at radius 1 is 1.54 bits per heavy atom. The number of amides is 1. The highest BCUT2D eigenvalue weighted by molar-refractivity contribution is 5.89. The Bertz CT molecular complexity index is 323. The molecule has 1 heterocycles. The number of nitrogens with one attached hydrogen (secondary N) is 1. The van der Waals surface area contributed by atoms with Crippen molar-refractivity contribution in [2.45, 2.75) is 27.2 Å². The van der Waals surface area contributed by atoms with Crippen LogP contribution >= 0.6 is 0 Å². The van der Waals surface area contributed by atoms with Crippen LogP contribution in [-0.2, 0) is 4.79 Å². The molecule has 4 heteroatoms. The quantitative estimate of drug-likeness (QED) is 0.747. The molecule has 0 spiro atoms. The van der Waals surface area contributed by atoms with Gasteiger partial charge in [-0.3, -0.25) is 9.78 Å². The molecule has 1 aromatic rings. The minimum Gasteiger partial charge on any atom is -0.309 e. The molecular formula is C9H13N3O. The molecule has 0 fully saturated rings. The second-order valence-corrected chi connectivity index (χ2v) is 2.85. The molecule has 0 atom stereocenters. The lowest BCUT2D eigenvalue weighted by Gasteiger charge is -2.05. The first-order valence-electron chi connectivity index (χ1n) is 4.23. The van der Waals surface area contributed by atoms with E-state index in [2.05, 4.69) is 15.3 Å². The number of aromatic nitrogens is 2. The van der Waals surface area contributed by atoms with Gasteiger partial charge in [0, 0.05) is 6.42 Å². The summed E-state index contributed by atoms with van der Waals surface area (Å²) in [6.45, 7) is 5.49. The van der Waals surface area contributed by atoms with Crippen LogP contribution in [0.5, 0.6) is 0 Å². The molecule has 1 rings (SSSR count). The summed E-state index contributed by atoms with van der Waals surface area (Å²) in [6.07, 6.45) is 2.09. The van der Waals surface area contributed by atoms with Crippen molar-refractivity contribution in [1.29, 1.82) is 0 Å². The molecule has 0 aliphatic heterocycles. The number of aryl methyl sites for hydroxylation is 2. The van der Waals surface area contributed by atoms with Gasteiger partial charge in [0.25, 0.3) is 0 Å². The zero-order chi connectivity index (χ0) is 9.84. The Morgan fingerprint density at radius 3 is 2.77 bits per heavy atom. The minimum atomic E-state index is -0.0405. The molecule has 0 bridgehead atoms. The van der Waals surface area contributed by atoms with E-state index < -0.39 is 0 Å². The van der Waals surface area contributed by atoms with Crippen molar-refractivity contribution >= 4 is 11.7 Å². The molecule has 13 heavy (non-hydrogen) atoms. The van der Waals surface area contributed by atoms with Crippen LogP contribution in [-0.4, -0.2) is 15.9 Å². The van der Waals surface area contributed by atoms with Gasteiger partial charge in [-0.1, -0.05) is 6.92 Å². The molecule has 0 saturated carbocycles. The van der Waals surface area contributed by atoms with Crippen LogP contribution in [0.1, 0.15) is 24.7 Å². The van der Waals surface area contributed by atoms with Crippen LogP contribution in [0.25, 0.3) is 0 Å². The van der Waals surface area contributed by atoms with Crippen LogP contribution in [0, 0.1) is 13.8 Å². The fraction of sp³-hybridized carbons (Fsp3) is 0.444. The van der Waals surface area contributed by atoms with Gasteiger partial charge in [0.15, 0.2) is 5.82 Å². The molecular weight excluding hydrogens is 166 g/mol. The van der Waals surface area contributed by atoms with Gasteiger partial charge in [-0.15, -0.1) is 0 Å². The Labute approximate surface area is 77.4 Å². The number of carbonyl (C=O) groups excluding carboxylic acids is 1. The lowest BCUT2D eigenvalue weighted by molar-refractivity contribution is -0.115. The Balaban J connectivity index is 2.83. The van der Waals surface area contributed by atoms with Crippen molar-refractivity contribution in [3.05, 3.63) is 17.6 Å². The summed E-state index contributed by atoms with van der Waals surface area (Å²) in [6, 6.07) is 0. The summed E-state index contributed by atoms with van der Waals surface area (Å²) in [5, 5.41) is 2.67. The summed E-state index contributed by atoms with van der Waals surface area (Å²) in [7, 11) is 0. The van der Waals surface area contributed by atoms with Gasteiger partial charge in [-0.05, 0) is 13.8 Å². The molecule has 70 valence electrons. The van der Waals surface area contributed by atoms with E-state index in [1.54, 1.807) is 13.1 Å². The van der Waals surface area contributed by atoms with Crippen molar-refractivity contribution in [2.24, 2.45) is 0 Å². The summed E-state index contributed by atoms with van der Waals surface area (Å²) in [5.41, 5.74) is 1.61. The highest BCUT2D eigenvalue weighted by atomic mass is 16.1. The van der Waals surface area contributed by atoms with Gasteiger partial charge in [-0.2, -0.15) is 0 Å². The van der Waals surface area contributed by atoms with E-state index in [9.17, 15) is 4.79 Å². The van der Waals surface area contributed by atoms with Gasteiger partial charge >= 0.3 is 0 Å². The fourth-order valence-electron chi connectivity index (χ4n) is 0.941. The molecule has 0 aliphatic carbocycles. The molecule has 0 aromatic carbocycles. The maximum Gasteiger partial charge on any atom is 0.225 e. The van der Waals surface area contributed by atoms with E-state index >= 15 is 0 Å². The molecule has 0 saturated heterocycles. The number of anilines is 1. The van der Waals surface area contributed by atoms with Crippen LogP contribution in [0.2, 0.25) is 0 Å². The normalized spacial score (nSPS) is 9.77. The first-order chi connectivity index (χ1) is 6.13. The highest BCUT2D eigenvalue weighted by Crippen LogP contribution is 2.08. The zero-order valence-corrected chi connectivity index (χ0v) is 8.09. The first kappa shape index (κ1) is 9.64. The third-order valence-electron chi connectivity index (χ3n) is 1.65. The van der Waals surface area contributed by atoms with Crippen molar-refractivity contribution in [2.75, 3.05) is 5.32 Å². The number of nitrogens with zero attached hydrogens (tertiary/aromatic N) is 2. The Kier molecular flexibility index (Phi) is 2.95. The van der Waals surface area contributed by atoms with E-state index in [-0.39, 0.29) is 5.91 Å². The summed E-state index contributed by atoms with van der Waals surface area (Å²) >= 11 is 0. The second-order valence-electron chi connectivity index (χ2n) is 2.85. The van der Waals surface area contributed by atoms with Crippen LogP contribution < -0.4 is 5.32 Å². The van der Waals surface area contributed by atoms with Crippen molar-refractivity contribution in [3.63, 3.8) is 0 Å². The minimum absolute atomic E-state index is 0.0405. The largest absolute Gasteiger partial charge is 0.309 e. The van der Waals surface area contributed by atoms with Gasteiger partial charge in [0.2, 0.25) is 5.91 Å². The lowest BCUT2D eigenvalue weighted by atomic mass is 10.4. The van der Waals surface area contributed by atoms with E-state index in [0.29, 0.717) is 12.2 Å². The van der Waals surface area contributed by atoms with Gasteiger partial charge in [-0.25, -0.2) is 4.98 Å². The predicted molar refractivity (Wildman–Crippen MR) is 50.4 cm³/mol. The monoisotopic (exact) mass is 179 g/mol. The second kappa shape index (κ2) is 3.98. The fourth-order valence-corrected chi connectivity index (χ4v) is 0.941. The molecule has 0 radical (unpaired) electrons. The summed E-state index contributed by atoms with van der Waals surface area (Å²) in [4.78, 5) is 19.3. The lowest BCUT2D eigenvalue weighted by Crippen LogP contribution is -2.12. The first-order valence-corrected chi connectivity index (χ1v) is 4.23. The molecule has 0 unspecified atom stereocenters. The standard InChI is InChI=1S/C9H13N3O/c1-4-8(13)12-9-7(3)11-6(2)5-10-9/h5H,4H2,1-3H3,(H,10,12,13). The smallest absolute Gasteiger partial charge is 0.225 e. The SMILES string of the molecule is CCC(=O)Nc1ncc(C)nc1C. The molecule has 0 aliphatic rings. The third-order valence-corrected chi connectivity index (χ3v) is 1.65. The molecule has 1 amide bonds. The van der Waals surface area contributed by atoms with E-state index in [1.165, 1.54) is 0 Å². The van der Waals surface area contributed by atoms with E-state index in [4.69, 9.17) is 0 Å². The maximum absolute atomic E-state index is 11.0. The number of carbonyl (C=O) groups is 1. The van der Waals surface area contributed by atoms with Crippen molar-refractivity contribution in [3.8, 4) is 0 Å². The van der Waals surface area contributed by atoms with Gasteiger partial charge < -0.3 is 5.32 Å². The summed E-state index contributed by atoms with van der Waals surface area (Å²) in [5.74, 6) is 0.513. The third kappa shape index (κ3) is 2.50. The zero-order valence-electron chi connectivity index (χ0n) is 8.09. The Hall–Kier alpha value is -1.45. The average Bonchev–Trinajstić information content (AvgIpc) is 2.09. The molecule has 1 aromatic heterocycles. The maximum atomic E-state index is 11.0. The van der Waals surface area contributed by atoms with Crippen LogP contribution in [0.3, 0.4) is 0 Å². The number of hydrogen-bond donors (Lipinski definition) is 1. The molecule has 1 N–H and O–H groups in total. The van der Waals surface area contributed by atoms with Gasteiger partial charge in [0.1, 0.15) is 0 Å². The van der Waals surface area contributed by atoms with Crippen LogP contribution in [0.15, 0.2) is 6.20 Å².